The Balaban J connectivity index is 1.41. The molecule has 34 heavy (non-hydrogen) atoms. The molecule has 172 valence electrons. The predicted octanol–water partition coefficient (Wildman–Crippen LogP) is 3.66. The maximum atomic E-state index is 13.8. The summed E-state index contributed by atoms with van der Waals surface area (Å²) in [6.07, 6.45) is 2.16. The number of halogens is 2. The zero-order valence-electron chi connectivity index (χ0n) is 17.9. The lowest BCUT2D eigenvalue weighted by atomic mass is 10.1. The summed E-state index contributed by atoms with van der Waals surface area (Å²) in [7, 11) is 0. The minimum atomic E-state index is -0.983. The summed E-state index contributed by atoms with van der Waals surface area (Å²) in [5.41, 5.74) is 3.21. The Kier molecular flexibility index (Phi) is 5.79. The number of hydrogen-bond donors (Lipinski definition) is 1. The van der Waals surface area contributed by atoms with E-state index in [4.69, 9.17) is 5.26 Å². The van der Waals surface area contributed by atoms with Crippen LogP contribution in [0.15, 0.2) is 42.5 Å². The summed E-state index contributed by atoms with van der Waals surface area (Å²) in [6.45, 7) is 0. The lowest BCUT2D eigenvalue weighted by Crippen LogP contribution is -2.44. The molecule has 3 aromatic rings. The highest BCUT2D eigenvalue weighted by atomic mass is 32.2. The van der Waals surface area contributed by atoms with Crippen LogP contribution in [0, 0.1) is 23.0 Å². The summed E-state index contributed by atoms with van der Waals surface area (Å²) < 4.78 is 28.8. The van der Waals surface area contributed by atoms with E-state index < -0.39 is 17.7 Å². The molecule has 1 aromatic heterocycles. The largest absolute Gasteiger partial charge is 0.324 e. The number of rotatable bonds is 4. The molecular formula is C24H19F2N5O2S. The van der Waals surface area contributed by atoms with Gasteiger partial charge in [-0.3, -0.25) is 9.59 Å². The van der Waals surface area contributed by atoms with Crippen LogP contribution in [-0.2, 0) is 17.6 Å². The smallest absolute Gasteiger partial charge is 0.276 e. The van der Waals surface area contributed by atoms with Crippen molar-refractivity contribution < 1.29 is 18.4 Å². The minimum absolute atomic E-state index is 0.246. The summed E-state index contributed by atoms with van der Waals surface area (Å²) in [4.78, 5) is 28.0. The summed E-state index contributed by atoms with van der Waals surface area (Å²) in [5.74, 6) is -1.82. The van der Waals surface area contributed by atoms with Crippen LogP contribution >= 0.6 is 11.8 Å². The van der Waals surface area contributed by atoms with Crippen LogP contribution in [0.25, 0.3) is 5.69 Å². The molecule has 7 nitrogen and oxygen atoms in total. The lowest BCUT2D eigenvalue weighted by Gasteiger charge is -2.22. The van der Waals surface area contributed by atoms with Gasteiger partial charge in [-0.1, -0.05) is 0 Å². The SMILES string of the molecule is N#Cc1ccc(NC(=O)C2CSCN2C(=O)c2nn(-c3ccc(F)c(F)c3)c3c2CCC3)cc1. The number of anilines is 1. The van der Waals surface area contributed by atoms with Gasteiger partial charge in [0.15, 0.2) is 17.3 Å². The number of amides is 2. The number of thioether (sulfide) groups is 1. The van der Waals surface area contributed by atoms with Gasteiger partial charge in [0.25, 0.3) is 5.91 Å². The lowest BCUT2D eigenvalue weighted by molar-refractivity contribution is -0.119. The quantitative estimate of drug-likeness (QED) is 0.617. The number of nitrogens with one attached hydrogen (secondary N) is 1. The van der Waals surface area contributed by atoms with Gasteiger partial charge >= 0.3 is 0 Å². The zero-order chi connectivity index (χ0) is 23.8. The van der Waals surface area contributed by atoms with Crippen molar-refractivity contribution in [2.45, 2.75) is 25.3 Å². The number of nitriles is 1. The molecule has 0 saturated carbocycles. The van der Waals surface area contributed by atoms with E-state index in [2.05, 4.69) is 10.4 Å². The first-order chi connectivity index (χ1) is 16.5. The molecule has 1 aliphatic carbocycles. The fraction of sp³-hybridized carbons (Fsp3) is 0.250. The monoisotopic (exact) mass is 479 g/mol. The molecular weight excluding hydrogens is 460 g/mol. The fourth-order valence-electron chi connectivity index (χ4n) is 4.29. The summed E-state index contributed by atoms with van der Waals surface area (Å²) in [5, 5.41) is 16.2. The van der Waals surface area contributed by atoms with Gasteiger partial charge in [0.2, 0.25) is 5.91 Å². The predicted molar refractivity (Wildman–Crippen MR) is 123 cm³/mol. The molecule has 1 fully saturated rings. The van der Waals surface area contributed by atoms with E-state index in [0.29, 0.717) is 41.4 Å². The van der Waals surface area contributed by atoms with E-state index in [1.54, 1.807) is 24.3 Å². The second-order valence-electron chi connectivity index (χ2n) is 8.11. The molecule has 5 rings (SSSR count). The van der Waals surface area contributed by atoms with Crippen LogP contribution in [-0.4, -0.2) is 44.2 Å². The third-order valence-corrected chi connectivity index (χ3v) is 7.02. The minimum Gasteiger partial charge on any atom is -0.324 e. The third kappa shape index (κ3) is 3.92. The van der Waals surface area contributed by atoms with Crippen molar-refractivity contribution in [2.75, 3.05) is 16.9 Å². The standard InChI is InChI=1S/C24H19F2N5O2S/c25-18-9-8-16(10-19(18)26)31-20-3-1-2-17(20)22(29-31)24(33)30-13-34-12-21(30)23(32)28-15-6-4-14(11-27)5-7-15/h4-10,21H,1-3,12-13H2,(H,28,32). The average Bonchev–Trinajstić information content (AvgIpc) is 3.58. The first kappa shape index (κ1) is 22.1. The van der Waals surface area contributed by atoms with Gasteiger partial charge in [-0.25, -0.2) is 13.5 Å². The number of nitrogens with zero attached hydrogens (tertiary/aromatic N) is 4. The second-order valence-corrected chi connectivity index (χ2v) is 9.11. The van der Waals surface area contributed by atoms with Gasteiger partial charge in [0.05, 0.1) is 23.2 Å². The second kappa shape index (κ2) is 8.91. The van der Waals surface area contributed by atoms with E-state index >= 15 is 0 Å². The van der Waals surface area contributed by atoms with E-state index in [1.807, 2.05) is 6.07 Å². The normalized spacial score (nSPS) is 16.9. The summed E-state index contributed by atoms with van der Waals surface area (Å²) in [6, 6.07) is 11.4. The number of benzene rings is 2. The molecule has 0 radical (unpaired) electrons. The molecule has 1 unspecified atom stereocenters. The van der Waals surface area contributed by atoms with Crippen molar-refractivity contribution in [3.63, 3.8) is 0 Å². The molecule has 1 N–H and O–H groups in total. The maximum Gasteiger partial charge on any atom is 0.276 e. The van der Waals surface area contributed by atoms with E-state index in [-0.39, 0.29) is 17.5 Å². The molecule has 2 aromatic carbocycles. The number of hydrogen-bond acceptors (Lipinski definition) is 5. The van der Waals surface area contributed by atoms with Crippen LogP contribution < -0.4 is 5.32 Å². The molecule has 2 heterocycles. The molecule has 1 saturated heterocycles. The Morgan fingerprint density at radius 3 is 2.65 bits per heavy atom. The Morgan fingerprint density at radius 2 is 1.91 bits per heavy atom. The van der Waals surface area contributed by atoms with E-state index in [0.717, 1.165) is 29.8 Å². The van der Waals surface area contributed by atoms with Crippen molar-refractivity contribution in [2.24, 2.45) is 0 Å². The van der Waals surface area contributed by atoms with Crippen molar-refractivity contribution in [3.05, 3.63) is 76.6 Å². The topological polar surface area (TPSA) is 91.0 Å². The van der Waals surface area contributed by atoms with Crippen LogP contribution in [0.4, 0.5) is 14.5 Å². The van der Waals surface area contributed by atoms with Gasteiger partial charge in [-0.15, -0.1) is 11.8 Å². The Bertz CT molecular complexity index is 1330. The summed E-state index contributed by atoms with van der Waals surface area (Å²) >= 11 is 1.47. The van der Waals surface area contributed by atoms with Crippen LogP contribution in [0.5, 0.6) is 0 Å². The molecule has 2 aliphatic rings. The van der Waals surface area contributed by atoms with Gasteiger partial charge in [-0.2, -0.15) is 10.4 Å². The molecule has 0 spiro atoms. The highest BCUT2D eigenvalue weighted by Gasteiger charge is 2.38. The van der Waals surface area contributed by atoms with Gasteiger partial charge in [0.1, 0.15) is 6.04 Å². The van der Waals surface area contributed by atoms with Crippen molar-refractivity contribution in [3.8, 4) is 11.8 Å². The molecule has 0 bridgehead atoms. The molecule has 2 amide bonds. The highest BCUT2D eigenvalue weighted by Crippen LogP contribution is 2.31. The Hall–Kier alpha value is -3.71. The maximum absolute atomic E-state index is 13.8. The van der Waals surface area contributed by atoms with Gasteiger partial charge < -0.3 is 10.2 Å². The van der Waals surface area contributed by atoms with Crippen molar-refractivity contribution in [1.29, 1.82) is 5.26 Å². The van der Waals surface area contributed by atoms with E-state index in [9.17, 15) is 18.4 Å². The zero-order valence-corrected chi connectivity index (χ0v) is 18.7. The first-order valence-electron chi connectivity index (χ1n) is 10.7. The van der Waals surface area contributed by atoms with Crippen LogP contribution in [0.3, 0.4) is 0 Å². The van der Waals surface area contributed by atoms with Gasteiger partial charge in [0, 0.05) is 28.8 Å². The fourth-order valence-corrected chi connectivity index (χ4v) is 5.44. The Labute approximate surface area is 198 Å². The molecule has 10 heteroatoms. The molecule has 1 aliphatic heterocycles. The van der Waals surface area contributed by atoms with Crippen molar-refractivity contribution in [1.82, 2.24) is 14.7 Å². The third-order valence-electron chi connectivity index (χ3n) is 6.01. The number of carbonyl (C=O) groups is 2. The number of fused-ring (bicyclic) bond motifs is 1. The van der Waals surface area contributed by atoms with E-state index in [1.165, 1.54) is 27.4 Å². The first-order valence-corrected chi connectivity index (χ1v) is 11.9. The molecule has 1 atom stereocenters. The Morgan fingerprint density at radius 1 is 1.12 bits per heavy atom. The highest BCUT2D eigenvalue weighted by molar-refractivity contribution is 7.99. The average molecular weight is 480 g/mol. The van der Waals surface area contributed by atoms with Crippen LogP contribution in [0.1, 0.15) is 33.7 Å². The number of aromatic nitrogens is 2. The number of carbonyl (C=O) groups excluding carboxylic acids is 2. The van der Waals surface area contributed by atoms with Crippen LogP contribution in [0.2, 0.25) is 0 Å². The van der Waals surface area contributed by atoms with Crippen molar-refractivity contribution >= 4 is 29.3 Å². The van der Waals surface area contributed by atoms with Gasteiger partial charge in [-0.05, 0) is 55.7 Å².